The molecule has 3 saturated heterocycles. The maximum absolute atomic E-state index is 17.5. The predicted molar refractivity (Wildman–Crippen MR) is 190 cm³/mol. The van der Waals surface area contributed by atoms with Gasteiger partial charge in [0.25, 0.3) is 0 Å². The van der Waals surface area contributed by atoms with Crippen molar-refractivity contribution >= 4 is 38.4 Å². The topological polar surface area (TPSA) is 91.6 Å². The molecule has 12 heteroatoms. The summed E-state index contributed by atoms with van der Waals surface area (Å²) in [7, 11) is 1.76. The fourth-order valence-corrected chi connectivity index (χ4v) is 8.51. The highest BCUT2D eigenvalue weighted by Gasteiger charge is 2.45. The molecule has 2 aromatic heterocycles. The Morgan fingerprint density at radius 2 is 1.84 bits per heavy atom. The Morgan fingerprint density at radius 3 is 2.55 bits per heavy atom. The Kier molecular flexibility index (Phi) is 7.63. The summed E-state index contributed by atoms with van der Waals surface area (Å²) in [5.41, 5.74) is 1.40. The molecular weight excluding hydrogens is 655 g/mol. The van der Waals surface area contributed by atoms with Crippen LogP contribution in [0.3, 0.4) is 0 Å². The molecule has 9 nitrogen and oxygen atoms in total. The van der Waals surface area contributed by atoms with Crippen LogP contribution in [-0.2, 0) is 7.05 Å². The number of aromatic nitrogens is 4. The first-order chi connectivity index (χ1) is 24.7. The summed E-state index contributed by atoms with van der Waals surface area (Å²) >= 11 is 0. The molecule has 4 fully saturated rings. The molecule has 1 saturated carbocycles. The van der Waals surface area contributed by atoms with Crippen LogP contribution in [0.15, 0.2) is 42.4 Å². The second-order valence-corrected chi connectivity index (χ2v) is 14.8. The number of ether oxygens (including phenoxy) is 1. The van der Waals surface area contributed by atoms with E-state index >= 15 is 8.78 Å². The number of phenols is 1. The van der Waals surface area contributed by atoms with Crippen molar-refractivity contribution in [3.8, 4) is 35.2 Å². The van der Waals surface area contributed by atoms with Crippen molar-refractivity contribution in [1.29, 1.82) is 0 Å². The molecule has 5 aromatic rings. The molecule has 2 N–H and O–H groups in total. The number of likely N-dealkylation sites (tertiary alicyclic amines) is 1. The van der Waals surface area contributed by atoms with Crippen LogP contribution in [0.5, 0.6) is 11.8 Å². The highest BCUT2D eigenvalue weighted by molar-refractivity contribution is 6.18. The molecule has 262 valence electrons. The Labute approximate surface area is 293 Å². The lowest BCUT2D eigenvalue weighted by Gasteiger charge is -2.34. The maximum Gasteiger partial charge on any atom is 0.319 e. The van der Waals surface area contributed by atoms with Gasteiger partial charge in [-0.05, 0) is 73.2 Å². The quantitative estimate of drug-likeness (QED) is 0.191. The lowest BCUT2D eigenvalue weighted by Crippen LogP contribution is -2.51. The van der Waals surface area contributed by atoms with Gasteiger partial charge >= 0.3 is 6.01 Å². The van der Waals surface area contributed by atoms with Crippen LogP contribution in [0.4, 0.5) is 19.0 Å². The summed E-state index contributed by atoms with van der Waals surface area (Å²) in [5.74, 6) is 1.59. The number of halogens is 3. The van der Waals surface area contributed by atoms with Gasteiger partial charge < -0.3 is 25.0 Å². The van der Waals surface area contributed by atoms with Gasteiger partial charge in [0.2, 0.25) is 0 Å². The highest BCUT2D eigenvalue weighted by Crippen LogP contribution is 2.48. The number of aromatic hydroxyl groups is 1. The summed E-state index contributed by atoms with van der Waals surface area (Å²) in [4.78, 5) is 14.3. The van der Waals surface area contributed by atoms with Crippen LogP contribution in [-0.4, -0.2) is 81.2 Å². The molecule has 4 aliphatic rings. The number of rotatable bonds is 7. The van der Waals surface area contributed by atoms with Crippen LogP contribution in [0.25, 0.3) is 43.7 Å². The van der Waals surface area contributed by atoms with Crippen molar-refractivity contribution in [3.63, 3.8) is 0 Å². The Hall–Kier alpha value is -4.86. The first-order valence-electron chi connectivity index (χ1n) is 17.7. The molecule has 3 aromatic carbocycles. The molecule has 0 radical (unpaired) electrons. The van der Waals surface area contributed by atoms with Crippen molar-refractivity contribution < 1.29 is 23.0 Å². The second kappa shape index (κ2) is 12.1. The van der Waals surface area contributed by atoms with Gasteiger partial charge in [-0.15, -0.1) is 6.42 Å². The number of benzene rings is 3. The number of anilines is 1. The highest BCUT2D eigenvalue weighted by atomic mass is 19.1. The van der Waals surface area contributed by atoms with E-state index in [4.69, 9.17) is 26.2 Å². The fraction of sp³-hybridized carbons (Fsp3) is 0.410. The molecule has 2 unspecified atom stereocenters. The molecule has 51 heavy (non-hydrogen) atoms. The number of nitrogens with one attached hydrogen (secondary N) is 1. The lowest BCUT2D eigenvalue weighted by atomic mass is 9.91. The number of hydrogen-bond acceptors (Lipinski definition) is 8. The number of phenolic OH excluding ortho intramolecular Hbond substituents is 1. The van der Waals surface area contributed by atoms with E-state index in [2.05, 4.69) is 21.0 Å². The van der Waals surface area contributed by atoms with Crippen LogP contribution in [0.1, 0.15) is 44.1 Å². The molecule has 2 atom stereocenters. The summed E-state index contributed by atoms with van der Waals surface area (Å²) < 4.78 is 53.8. The van der Waals surface area contributed by atoms with Gasteiger partial charge in [0.15, 0.2) is 5.82 Å². The molecule has 1 aliphatic carbocycles. The van der Waals surface area contributed by atoms with Gasteiger partial charge in [-0.3, -0.25) is 4.68 Å². The van der Waals surface area contributed by atoms with Gasteiger partial charge in [0, 0.05) is 79.8 Å². The molecule has 3 aliphatic heterocycles. The zero-order valence-electron chi connectivity index (χ0n) is 28.4. The Balaban J connectivity index is 1.20. The van der Waals surface area contributed by atoms with Crippen LogP contribution >= 0.6 is 0 Å². The van der Waals surface area contributed by atoms with Crippen LogP contribution < -0.4 is 15.0 Å². The fourth-order valence-electron chi connectivity index (χ4n) is 8.51. The molecule has 5 heterocycles. The summed E-state index contributed by atoms with van der Waals surface area (Å²) in [5, 5.41) is 21.1. The van der Waals surface area contributed by atoms with E-state index in [9.17, 15) is 9.50 Å². The van der Waals surface area contributed by atoms with Crippen LogP contribution in [0.2, 0.25) is 0 Å². The second-order valence-electron chi connectivity index (χ2n) is 14.8. The molecule has 2 bridgehead atoms. The van der Waals surface area contributed by atoms with Gasteiger partial charge in [-0.1, -0.05) is 12.0 Å². The number of hydrogen-bond donors (Lipinski definition) is 2. The third-order valence-electron chi connectivity index (χ3n) is 11.3. The van der Waals surface area contributed by atoms with Gasteiger partial charge in [0.1, 0.15) is 28.4 Å². The van der Waals surface area contributed by atoms with E-state index in [1.807, 2.05) is 6.20 Å². The molecule has 0 spiro atoms. The standard InChI is InChI=1S/C39H38F3N7O2/c1-3-27-30(41)7-4-23-14-26(50)15-28(31(23)27)32-34(42)36-33(29-19-47(2)46-35(29)32)37(49-17-24-5-6-25(18-49)43-24)45-38(44-36)51-21-39(10-11-39)20-48-12-8-22(16-40)9-13-48/h1,4,7,14-16,19,24-25,43,50H,5-6,8-13,17-18,20-21H2,2H3. The third-order valence-corrected chi connectivity index (χ3v) is 11.3. The van der Waals surface area contributed by atoms with Crippen molar-refractivity contribution in [2.75, 3.05) is 44.2 Å². The minimum Gasteiger partial charge on any atom is -0.508 e. The number of piperidine rings is 1. The van der Waals surface area contributed by atoms with Gasteiger partial charge in [0.05, 0.1) is 23.9 Å². The van der Waals surface area contributed by atoms with Crippen molar-refractivity contribution in [3.05, 3.63) is 59.6 Å². The average Bonchev–Trinajstić information content (AvgIpc) is 3.66. The van der Waals surface area contributed by atoms with E-state index in [1.165, 1.54) is 24.3 Å². The molecule has 9 rings (SSSR count). The minimum atomic E-state index is -0.687. The van der Waals surface area contributed by atoms with Crippen molar-refractivity contribution in [2.45, 2.75) is 50.6 Å². The van der Waals surface area contributed by atoms with Gasteiger partial charge in [-0.25, -0.2) is 13.2 Å². The minimum absolute atomic E-state index is 0.0323. The molecule has 0 amide bonds. The number of piperazine rings is 1. The van der Waals surface area contributed by atoms with E-state index in [0.29, 0.717) is 52.6 Å². The van der Waals surface area contributed by atoms with E-state index in [0.717, 1.165) is 70.1 Å². The molecular formula is C39H38F3N7O2. The summed E-state index contributed by atoms with van der Waals surface area (Å²) in [6, 6.07) is 6.30. The van der Waals surface area contributed by atoms with Crippen molar-refractivity contribution in [1.82, 2.24) is 30.0 Å². The SMILES string of the molecule is C#Cc1c(F)ccc2cc(O)cc(-c3c(F)c4nc(OCC5(CN6CCC(=CF)CC6)CC5)nc(N5CC6CCC(C5)N6)c4c4cn(C)nc34)c12. The average molecular weight is 694 g/mol. The summed E-state index contributed by atoms with van der Waals surface area (Å²) in [6.45, 7) is 4.22. The normalized spacial score (nSPS) is 21.5. The van der Waals surface area contributed by atoms with E-state index in [-0.39, 0.29) is 51.5 Å². The monoisotopic (exact) mass is 693 g/mol. The number of nitrogens with zero attached hydrogens (tertiary/aromatic N) is 6. The summed E-state index contributed by atoms with van der Waals surface area (Å²) in [6.07, 6.45) is 13.9. The lowest BCUT2D eigenvalue weighted by molar-refractivity contribution is 0.148. The maximum atomic E-state index is 17.5. The number of terminal acetylenes is 1. The first-order valence-corrected chi connectivity index (χ1v) is 17.7. The van der Waals surface area contributed by atoms with Gasteiger partial charge in [-0.2, -0.15) is 15.1 Å². The van der Waals surface area contributed by atoms with Crippen molar-refractivity contribution in [2.24, 2.45) is 12.5 Å². The Bertz CT molecular complexity index is 2290. The predicted octanol–water partition coefficient (Wildman–Crippen LogP) is 6.35. The largest absolute Gasteiger partial charge is 0.508 e. The first kappa shape index (κ1) is 32.1. The van der Waals surface area contributed by atoms with E-state index in [1.54, 1.807) is 11.7 Å². The third kappa shape index (κ3) is 5.54. The number of aryl methyl sites for hydroxylation is 1. The van der Waals surface area contributed by atoms with Crippen LogP contribution in [0, 0.1) is 29.4 Å². The zero-order valence-corrected chi connectivity index (χ0v) is 28.4. The zero-order chi connectivity index (χ0) is 35.0. The van der Waals surface area contributed by atoms with E-state index < -0.39 is 11.6 Å². The number of fused-ring (bicyclic) bond motifs is 6. The Morgan fingerprint density at radius 1 is 1.08 bits per heavy atom. The smallest absolute Gasteiger partial charge is 0.319 e.